The number of aromatic nitrogens is 1. The van der Waals surface area contributed by atoms with Crippen LogP contribution in [-0.2, 0) is 6.42 Å². The van der Waals surface area contributed by atoms with E-state index < -0.39 is 5.97 Å². The summed E-state index contributed by atoms with van der Waals surface area (Å²) in [6.07, 6.45) is 0.726. The molecule has 1 aromatic heterocycles. The van der Waals surface area contributed by atoms with Gasteiger partial charge in [-0.25, -0.2) is 9.78 Å². The van der Waals surface area contributed by atoms with E-state index in [2.05, 4.69) is 15.2 Å². The van der Waals surface area contributed by atoms with Gasteiger partial charge in [0.2, 0.25) is 0 Å². The van der Waals surface area contributed by atoms with E-state index in [1.165, 1.54) is 0 Å². The number of carboxylic acid groups (broad SMARTS) is 1. The van der Waals surface area contributed by atoms with Gasteiger partial charge in [0.15, 0.2) is 0 Å². The second-order valence-electron chi connectivity index (χ2n) is 4.12. The Morgan fingerprint density at radius 1 is 1.47 bits per heavy atom. The minimum absolute atomic E-state index is 0.282. The van der Waals surface area contributed by atoms with Crippen LogP contribution < -0.4 is 5.32 Å². The molecule has 0 aromatic carbocycles. The first kappa shape index (κ1) is 13.4. The summed E-state index contributed by atoms with van der Waals surface area (Å²) in [4.78, 5) is 17.3. The molecule has 5 heteroatoms. The summed E-state index contributed by atoms with van der Waals surface area (Å²) in [6.45, 7) is 3.57. The van der Waals surface area contributed by atoms with Gasteiger partial charge in [0.25, 0.3) is 0 Å². The molecule has 0 spiro atoms. The summed E-state index contributed by atoms with van der Waals surface area (Å²) < 4.78 is 0. The highest BCUT2D eigenvalue weighted by Gasteiger charge is 2.07. The number of hydrogen-bond donors (Lipinski definition) is 2. The van der Waals surface area contributed by atoms with Crippen molar-refractivity contribution in [2.75, 3.05) is 32.5 Å². The van der Waals surface area contributed by atoms with E-state index in [1.54, 1.807) is 12.1 Å². The van der Waals surface area contributed by atoms with Crippen LogP contribution in [0.25, 0.3) is 0 Å². The van der Waals surface area contributed by atoms with Crippen LogP contribution in [0.1, 0.15) is 23.0 Å². The molecule has 0 atom stereocenters. The van der Waals surface area contributed by atoms with E-state index >= 15 is 0 Å². The van der Waals surface area contributed by atoms with Crippen molar-refractivity contribution in [3.8, 4) is 0 Å². The molecule has 0 unspecified atom stereocenters. The molecule has 0 radical (unpaired) electrons. The molecular formula is C12H19N3O2. The fraction of sp³-hybridized carbons (Fsp3) is 0.500. The first-order valence-electron chi connectivity index (χ1n) is 5.65. The lowest BCUT2D eigenvalue weighted by molar-refractivity contribution is 0.0696. The standard InChI is InChI=1S/C12H19N3O2/c1-4-10-7-9(12(16)17)8-11(14-10)13-5-6-15(2)3/h7-8H,4-6H2,1-3H3,(H,13,14)(H,16,17). The van der Waals surface area contributed by atoms with Crippen molar-refractivity contribution in [1.82, 2.24) is 9.88 Å². The molecule has 0 fully saturated rings. The van der Waals surface area contributed by atoms with Crippen LogP contribution in [0.15, 0.2) is 12.1 Å². The number of aryl methyl sites for hydroxylation is 1. The Hall–Kier alpha value is -1.62. The maximum atomic E-state index is 10.9. The molecule has 1 rings (SSSR count). The number of carbonyl (C=O) groups is 1. The van der Waals surface area contributed by atoms with E-state index in [9.17, 15) is 4.79 Å². The summed E-state index contributed by atoms with van der Waals surface area (Å²) in [7, 11) is 3.97. The molecule has 1 aromatic rings. The van der Waals surface area contributed by atoms with Crippen molar-refractivity contribution in [1.29, 1.82) is 0 Å². The van der Waals surface area contributed by atoms with Crippen molar-refractivity contribution in [2.45, 2.75) is 13.3 Å². The smallest absolute Gasteiger partial charge is 0.335 e. The van der Waals surface area contributed by atoms with Crippen LogP contribution in [0.2, 0.25) is 0 Å². The first-order valence-corrected chi connectivity index (χ1v) is 5.65. The van der Waals surface area contributed by atoms with Gasteiger partial charge in [0, 0.05) is 18.8 Å². The van der Waals surface area contributed by atoms with Crippen LogP contribution in [0, 0.1) is 0 Å². The second kappa shape index (κ2) is 6.20. The maximum Gasteiger partial charge on any atom is 0.335 e. The largest absolute Gasteiger partial charge is 0.478 e. The van der Waals surface area contributed by atoms with Gasteiger partial charge < -0.3 is 15.3 Å². The van der Waals surface area contributed by atoms with Gasteiger partial charge in [-0.3, -0.25) is 0 Å². The van der Waals surface area contributed by atoms with Crippen molar-refractivity contribution in [2.24, 2.45) is 0 Å². The number of aromatic carboxylic acids is 1. The SMILES string of the molecule is CCc1cc(C(=O)O)cc(NCCN(C)C)n1. The van der Waals surface area contributed by atoms with Gasteiger partial charge in [0.05, 0.1) is 5.56 Å². The Balaban J connectivity index is 2.76. The summed E-state index contributed by atoms with van der Waals surface area (Å²) in [5.41, 5.74) is 1.07. The maximum absolute atomic E-state index is 10.9. The van der Waals surface area contributed by atoms with Crippen LogP contribution in [-0.4, -0.2) is 48.1 Å². The summed E-state index contributed by atoms with van der Waals surface area (Å²) in [5, 5.41) is 12.1. The zero-order valence-electron chi connectivity index (χ0n) is 10.5. The molecule has 0 bridgehead atoms. The van der Waals surface area contributed by atoms with Crippen LogP contribution >= 0.6 is 0 Å². The van der Waals surface area contributed by atoms with Gasteiger partial charge in [-0.1, -0.05) is 6.92 Å². The van der Waals surface area contributed by atoms with Gasteiger partial charge in [-0.15, -0.1) is 0 Å². The fourth-order valence-electron chi connectivity index (χ4n) is 1.39. The third kappa shape index (κ3) is 4.40. The zero-order valence-corrected chi connectivity index (χ0v) is 10.5. The average Bonchev–Trinajstić information content (AvgIpc) is 2.28. The topological polar surface area (TPSA) is 65.5 Å². The molecule has 0 aliphatic rings. The molecule has 0 aliphatic carbocycles. The molecule has 5 nitrogen and oxygen atoms in total. The van der Waals surface area contributed by atoms with Crippen molar-refractivity contribution in [3.05, 3.63) is 23.4 Å². The Kier molecular flexibility index (Phi) is 4.90. The Bertz CT molecular complexity index is 391. The highest BCUT2D eigenvalue weighted by Crippen LogP contribution is 2.11. The Morgan fingerprint density at radius 3 is 2.71 bits per heavy atom. The number of carboxylic acids is 1. The molecule has 1 heterocycles. The number of nitrogens with zero attached hydrogens (tertiary/aromatic N) is 2. The number of pyridine rings is 1. The number of anilines is 1. The lowest BCUT2D eigenvalue weighted by Crippen LogP contribution is -2.21. The van der Waals surface area contributed by atoms with Crippen LogP contribution in [0.3, 0.4) is 0 Å². The van der Waals surface area contributed by atoms with E-state index in [0.29, 0.717) is 5.82 Å². The van der Waals surface area contributed by atoms with E-state index in [-0.39, 0.29) is 5.56 Å². The Labute approximate surface area is 101 Å². The lowest BCUT2D eigenvalue weighted by Gasteiger charge is -2.12. The van der Waals surface area contributed by atoms with Gasteiger partial charge in [-0.2, -0.15) is 0 Å². The molecular weight excluding hydrogens is 218 g/mol. The van der Waals surface area contributed by atoms with Crippen molar-refractivity contribution < 1.29 is 9.90 Å². The lowest BCUT2D eigenvalue weighted by atomic mass is 10.2. The summed E-state index contributed by atoms with van der Waals surface area (Å²) in [6, 6.07) is 3.18. The molecule has 0 aliphatic heterocycles. The predicted octanol–water partition coefficient (Wildman–Crippen LogP) is 1.32. The Morgan fingerprint density at radius 2 is 2.18 bits per heavy atom. The van der Waals surface area contributed by atoms with Crippen LogP contribution in [0.4, 0.5) is 5.82 Å². The molecule has 94 valence electrons. The number of likely N-dealkylation sites (N-methyl/N-ethyl adjacent to an activating group) is 1. The van der Waals surface area contributed by atoms with Crippen molar-refractivity contribution >= 4 is 11.8 Å². The van der Waals surface area contributed by atoms with Gasteiger partial charge >= 0.3 is 5.97 Å². The van der Waals surface area contributed by atoms with E-state index in [1.807, 2.05) is 21.0 Å². The highest BCUT2D eigenvalue weighted by atomic mass is 16.4. The quantitative estimate of drug-likeness (QED) is 0.781. The predicted molar refractivity (Wildman–Crippen MR) is 67.6 cm³/mol. The molecule has 0 saturated carbocycles. The molecule has 0 amide bonds. The van der Waals surface area contributed by atoms with E-state index in [4.69, 9.17) is 5.11 Å². The van der Waals surface area contributed by atoms with Crippen LogP contribution in [0.5, 0.6) is 0 Å². The first-order chi connectivity index (χ1) is 8.02. The molecule has 0 saturated heterocycles. The molecule has 17 heavy (non-hydrogen) atoms. The highest BCUT2D eigenvalue weighted by molar-refractivity contribution is 5.88. The van der Waals surface area contributed by atoms with Crippen molar-refractivity contribution in [3.63, 3.8) is 0 Å². The summed E-state index contributed by atoms with van der Waals surface area (Å²) in [5.74, 6) is -0.290. The van der Waals surface area contributed by atoms with Gasteiger partial charge in [0.1, 0.15) is 5.82 Å². The minimum atomic E-state index is -0.919. The monoisotopic (exact) mass is 237 g/mol. The third-order valence-corrected chi connectivity index (χ3v) is 2.35. The van der Waals surface area contributed by atoms with E-state index in [0.717, 1.165) is 25.2 Å². The zero-order chi connectivity index (χ0) is 12.8. The third-order valence-electron chi connectivity index (χ3n) is 2.35. The summed E-state index contributed by atoms with van der Waals surface area (Å²) >= 11 is 0. The fourth-order valence-corrected chi connectivity index (χ4v) is 1.39. The average molecular weight is 237 g/mol. The number of nitrogens with one attached hydrogen (secondary N) is 1. The molecule has 2 N–H and O–H groups in total. The minimum Gasteiger partial charge on any atom is -0.478 e. The normalized spacial score (nSPS) is 10.6. The van der Waals surface area contributed by atoms with Gasteiger partial charge in [-0.05, 0) is 32.6 Å². The number of hydrogen-bond acceptors (Lipinski definition) is 4. The second-order valence-corrected chi connectivity index (χ2v) is 4.12. The number of rotatable bonds is 6.